The second-order valence-electron chi connectivity index (χ2n) is 6.42. The van der Waals surface area contributed by atoms with E-state index in [1.165, 1.54) is 0 Å². The van der Waals surface area contributed by atoms with Crippen molar-refractivity contribution in [1.29, 1.82) is 0 Å². The van der Waals surface area contributed by atoms with Crippen LogP contribution in [0, 0.1) is 12.8 Å². The molecule has 2 aromatic heterocycles. The topological polar surface area (TPSA) is 62.5 Å². The summed E-state index contributed by atoms with van der Waals surface area (Å²) < 4.78 is 6.04. The predicted octanol–water partition coefficient (Wildman–Crippen LogP) is 2.88. The average Bonchev–Trinajstić information content (AvgIpc) is 3.20. The molecule has 0 aromatic carbocycles. The maximum Gasteiger partial charge on any atom is 0.289 e. The van der Waals surface area contributed by atoms with Crippen LogP contribution in [0.25, 0.3) is 0 Å². The number of nitrogens with zero attached hydrogens (tertiary/aromatic N) is 4. The molecule has 2 atom stereocenters. The van der Waals surface area contributed by atoms with Crippen molar-refractivity contribution >= 4 is 27.7 Å². The van der Waals surface area contributed by atoms with Crippen molar-refractivity contribution < 1.29 is 9.21 Å². The molecule has 126 valence electrons. The number of likely N-dealkylation sites (tertiary alicyclic amines) is 1. The first-order valence-electron chi connectivity index (χ1n) is 8.23. The molecule has 2 aliphatic rings. The second-order valence-corrected chi connectivity index (χ2v) is 7.20. The molecule has 24 heavy (non-hydrogen) atoms. The van der Waals surface area contributed by atoms with E-state index in [-0.39, 0.29) is 11.9 Å². The van der Waals surface area contributed by atoms with Gasteiger partial charge in [0, 0.05) is 25.8 Å². The summed E-state index contributed by atoms with van der Waals surface area (Å²) in [7, 11) is 0. The highest BCUT2D eigenvalue weighted by Crippen LogP contribution is 2.34. The standard InChI is InChI=1S/C17H19BrN4O2/c1-11-19-7-4-16(20-11)21-8-5-12-6-9-22(13(12)10-21)17(23)14-2-3-15(18)24-14/h2-4,7,12-13H,5-6,8-10H2,1H3. The molecule has 2 unspecified atom stereocenters. The number of hydrogen-bond donors (Lipinski definition) is 0. The van der Waals surface area contributed by atoms with Crippen LogP contribution in [-0.4, -0.2) is 46.5 Å². The zero-order valence-electron chi connectivity index (χ0n) is 13.5. The lowest BCUT2D eigenvalue weighted by Crippen LogP contribution is -2.50. The molecule has 2 fully saturated rings. The van der Waals surface area contributed by atoms with Crippen LogP contribution in [0.5, 0.6) is 0 Å². The van der Waals surface area contributed by atoms with Crippen molar-refractivity contribution in [2.75, 3.05) is 24.5 Å². The summed E-state index contributed by atoms with van der Waals surface area (Å²) in [5, 5.41) is 0. The number of aromatic nitrogens is 2. The molecule has 7 heteroatoms. The van der Waals surface area contributed by atoms with Crippen LogP contribution in [0.1, 0.15) is 29.2 Å². The Morgan fingerprint density at radius 2 is 2.12 bits per heavy atom. The molecule has 0 spiro atoms. The van der Waals surface area contributed by atoms with Gasteiger partial charge in [-0.3, -0.25) is 4.79 Å². The highest BCUT2D eigenvalue weighted by molar-refractivity contribution is 9.10. The quantitative estimate of drug-likeness (QED) is 0.788. The summed E-state index contributed by atoms with van der Waals surface area (Å²) in [5.74, 6) is 2.66. The van der Waals surface area contributed by atoms with E-state index in [0.717, 1.165) is 44.1 Å². The van der Waals surface area contributed by atoms with Gasteiger partial charge in [0.2, 0.25) is 0 Å². The van der Waals surface area contributed by atoms with Crippen LogP contribution in [0.3, 0.4) is 0 Å². The molecule has 0 saturated carbocycles. The number of anilines is 1. The first-order valence-corrected chi connectivity index (χ1v) is 9.02. The smallest absolute Gasteiger partial charge is 0.289 e. The Morgan fingerprint density at radius 1 is 1.29 bits per heavy atom. The average molecular weight is 391 g/mol. The van der Waals surface area contributed by atoms with E-state index in [4.69, 9.17) is 4.42 Å². The van der Waals surface area contributed by atoms with Crippen molar-refractivity contribution in [2.45, 2.75) is 25.8 Å². The second kappa shape index (κ2) is 6.20. The number of piperidine rings is 1. The fourth-order valence-corrected chi connectivity index (χ4v) is 4.10. The van der Waals surface area contributed by atoms with Gasteiger partial charge < -0.3 is 14.2 Å². The molecule has 2 saturated heterocycles. The molecular weight excluding hydrogens is 372 g/mol. The maximum absolute atomic E-state index is 12.8. The normalized spacial score (nSPS) is 23.4. The molecule has 2 aliphatic heterocycles. The van der Waals surface area contributed by atoms with Gasteiger partial charge in [0.25, 0.3) is 5.91 Å². The Balaban J connectivity index is 1.54. The van der Waals surface area contributed by atoms with Gasteiger partial charge in [-0.1, -0.05) is 0 Å². The summed E-state index contributed by atoms with van der Waals surface area (Å²) in [6.45, 7) is 4.49. The molecule has 4 rings (SSSR count). The molecule has 0 N–H and O–H groups in total. The molecule has 4 heterocycles. The number of furan rings is 1. The van der Waals surface area contributed by atoms with E-state index < -0.39 is 0 Å². The first kappa shape index (κ1) is 15.6. The molecule has 0 aliphatic carbocycles. The van der Waals surface area contributed by atoms with Crippen LogP contribution in [-0.2, 0) is 0 Å². The van der Waals surface area contributed by atoms with E-state index in [2.05, 4.69) is 30.8 Å². The third kappa shape index (κ3) is 2.81. The van der Waals surface area contributed by atoms with Crippen LogP contribution in [0.2, 0.25) is 0 Å². The van der Waals surface area contributed by atoms with E-state index in [0.29, 0.717) is 16.3 Å². The number of fused-ring (bicyclic) bond motifs is 1. The van der Waals surface area contributed by atoms with Crippen LogP contribution < -0.4 is 4.90 Å². The Morgan fingerprint density at radius 3 is 2.88 bits per heavy atom. The summed E-state index contributed by atoms with van der Waals surface area (Å²) in [6, 6.07) is 5.65. The molecule has 1 amide bonds. The van der Waals surface area contributed by atoms with Gasteiger partial charge in [0.05, 0.1) is 6.04 Å². The maximum atomic E-state index is 12.8. The fraction of sp³-hybridized carbons (Fsp3) is 0.471. The first-order chi connectivity index (χ1) is 11.6. The lowest BCUT2D eigenvalue weighted by molar-refractivity contribution is 0.0678. The zero-order chi connectivity index (χ0) is 16.7. The van der Waals surface area contributed by atoms with Crippen molar-refractivity contribution in [1.82, 2.24) is 14.9 Å². The van der Waals surface area contributed by atoms with Gasteiger partial charge >= 0.3 is 0 Å². The summed E-state index contributed by atoms with van der Waals surface area (Å²) in [6.07, 6.45) is 3.94. The predicted molar refractivity (Wildman–Crippen MR) is 92.9 cm³/mol. The molecule has 2 aromatic rings. The highest BCUT2D eigenvalue weighted by atomic mass is 79.9. The molecular formula is C17H19BrN4O2. The third-order valence-corrected chi connectivity index (χ3v) is 5.42. The third-order valence-electron chi connectivity index (χ3n) is 4.99. The van der Waals surface area contributed by atoms with Gasteiger partial charge in [-0.15, -0.1) is 0 Å². The number of hydrogen-bond acceptors (Lipinski definition) is 5. The zero-order valence-corrected chi connectivity index (χ0v) is 15.1. The van der Waals surface area contributed by atoms with Crippen molar-refractivity contribution in [3.63, 3.8) is 0 Å². The largest absolute Gasteiger partial charge is 0.444 e. The molecule has 0 radical (unpaired) electrons. The minimum Gasteiger partial charge on any atom is -0.444 e. The summed E-state index contributed by atoms with van der Waals surface area (Å²) >= 11 is 3.26. The minimum absolute atomic E-state index is 0.0195. The van der Waals surface area contributed by atoms with E-state index >= 15 is 0 Å². The van der Waals surface area contributed by atoms with Crippen molar-refractivity contribution in [3.05, 3.63) is 40.7 Å². The Bertz CT molecular complexity index is 763. The minimum atomic E-state index is -0.0195. The monoisotopic (exact) mass is 390 g/mol. The number of halogens is 1. The highest BCUT2D eigenvalue weighted by Gasteiger charge is 2.41. The van der Waals surface area contributed by atoms with E-state index in [1.54, 1.807) is 18.3 Å². The lowest BCUT2D eigenvalue weighted by atomic mass is 9.92. The number of rotatable bonds is 2. The SMILES string of the molecule is Cc1nccc(N2CCC3CCN(C(=O)c4ccc(Br)o4)C3C2)n1. The van der Waals surface area contributed by atoms with Crippen LogP contribution in [0.4, 0.5) is 5.82 Å². The van der Waals surface area contributed by atoms with Gasteiger partial charge in [-0.05, 0) is 59.8 Å². The number of carbonyl (C=O) groups excluding carboxylic acids is 1. The number of carbonyl (C=O) groups is 1. The van der Waals surface area contributed by atoms with E-state index in [9.17, 15) is 4.79 Å². The molecule has 6 nitrogen and oxygen atoms in total. The van der Waals surface area contributed by atoms with Gasteiger partial charge in [-0.2, -0.15) is 0 Å². The van der Waals surface area contributed by atoms with Gasteiger partial charge in [0.15, 0.2) is 10.4 Å². The Labute approximate surface area is 149 Å². The van der Waals surface area contributed by atoms with Crippen LogP contribution >= 0.6 is 15.9 Å². The summed E-state index contributed by atoms with van der Waals surface area (Å²) in [5.41, 5.74) is 0. The van der Waals surface area contributed by atoms with Gasteiger partial charge in [-0.25, -0.2) is 9.97 Å². The number of aryl methyl sites for hydroxylation is 1. The van der Waals surface area contributed by atoms with E-state index in [1.807, 2.05) is 17.9 Å². The van der Waals surface area contributed by atoms with Crippen molar-refractivity contribution in [2.24, 2.45) is 5.92 Å². The Kier molecular flexibility index (Phi) is 4.04. The Hall–Kier alpha value is -1.89. The fourth-order valence-electron chi connectivity index (χ4n) is 3.79. The van der Waals surface area contributed by atoms with Gasteiger partial charge in [0.1, 0.15) is 11.6 Å². The van der Waals surface area contributed by atoms with Crippen LogP contribution in [0.15, 0.2) is 33.5 Å². The number of amides is 1. The lowest BCUT2D eigenvalue weighted by Gasteiger charge is -2.38. The van der Waals surface area contributed by atoms with Crippen molar-refractivity contribution in [3.8, 4) is 0 Å². The molecule has 0 bridgehead atoms. The summed E-state index contributed by atoms with van der Waals surface area (Å²) in [4.78, 5) is 25.7.